The molecule has 0 saturated heterocycles. The van der Waals surface area contributed by atoms with Crippen LogP contribution in [0.3, 0.4) is 0 Å². The van der Waals surface area contributed by atoms with Crippen LogP contribution in [0.15, 0.2) is 10.5 Å². The van der Waals surface area contributed by atoms with Gasteiger partial charge in [0.15, 0.2) is 0 Å². The van der Waals surface area contributed by atoms with Gasteiger partial charge in [-0.1, -0.05) is 13.3 Å². The van der Waals surface area contributed by atoms with Crippen molar-refractivity contribution in [3.63, 3.8) is 0 Å². The topological polar surface area (TPSA) is 28.4 Å². The van der Waals surface area contributed by atoms with Gasteiger partial charge >= 0.3 is 0 Å². The number of nitrogens with zero attached hydrogens (tertiary/aromatic N) is 1. The Hall–Kier alpha value is -0.800. The van der Waals surface area contributed by atoms with Crippen molar-refractivity contribution in [3.05, 3.63) is 23.2 Å². The summed E-state index contributed by atoms with van der Waals surface area (Å²) in [4.78, 5) is 2.39. The van der Waals surface area contributed by atoms with E-state index in [1.54, 1.807) is 0 Å². The van der Waals surface area contributed by atoms with E-state index in [2.05, 4.69) is 37.2 Å². The van der Waals surface area contributed by atoms with Gasteiger partial charge in [-0.2, -0.15) is 0 Å². The highest BCUT2D eigenvalue weighted by Gasteiger charge is 2.19. The SMILES string of the molecule is CCCNCc1cc(CN(C)CC2CCC2)oc1C. The molecule has 0 bridgehead atoms. The number of hydrogen-bond acceptors (Lipinski definition) is 3. The first-order valence-electron chi connectivity index (χ1n) is 7.66. The minimum Gasteiger partial charge on any atom is -0.465 e. The van der Waals surface area contributed by atoms with Gasteiger partial charge in [-0.25, -0.2) is 0 Å². The summed E-state index contributed by atoms with van der Waals surface area (Å²) in [7, 11) is 2.20. The Balaban J connectivity index is 1.80. The molecule has 2 rings (SSSR count). The normalized spacial score (nSPS) is 16.0. The van der Waals surface area contributed by atoms with Crippen molar-refractivity contribution in [1.82, 2.24) is 10.2 Å². The van der Waals surface area contributed by atoms with Crippen molar-refractivity contribution in [1.29, 1.82) is 0 Å². The summed E-state index contributed by atoms with van der Waals surface area (Å²) in [5.74, 6) is 3.09. The lowest BCUT2D eigenvalue weighted by atomic mass is 9.85. The summed E-state index contributed by atoms with van der Waals surface area (Å²) in [6.45, 7) is 8.40. The minimum absolute atomic E-state index is 0.923. The zero-order chi connectivity index (χ0) is 13.7. The van der Waals surface area contributed by atoms with E-state index < -0.39 is 0 Å². The number of hydrogen-bond donors (Lipinski definition) is 1. The van der Waals surface area contributed by atoms with Crippen molar-refractivity contribution < 1.29 is 4.42 Å². The zero-order valence-electron chi connectivity index (χ0n) is 12.7. The molecule has 0 amide bonds. The molecule has 0 spiro atoms. The van der Waals surface area contributed by atoms with Crippen LogP contribution >= 0.6 is 0 Å². The molecule has 1 aliphatic carbocycles. The molecule has 0 atom stereocenters. The second kappa shape index (κ2) is 7.11. The van der Waals surface area contributed by atoms with Crippen molar-refractivity contribution in [2.24, 2.45) is 5.92 Å². The second-order valence-electron chi connectivity index (χ2n) is 5.96. The Bertz CT molecular complexity index is 382. The monoisotopic (exact) mass is 264 g/mol. The highest BCUT2D eigenvalue weighted by Crippen LogP contribution is 2.27. The number of furan rings is 1. The Morgan fingerprint density at radius 1 is 1.42 bits per heavy atom. The Kier molecular flexibility index (Phi) is 5.46. The molecule has 1 aromatic heterocycles. The Labute approximate surface area is 117 Å². The molecular formula is C16H28N2O. The summed E-state index contributed by atoms with van der Waals surface area (Å²) in [5.41, 5.74) is 1.31. The van der Waals surface area contributed by atoms with Gasteiger partial charge in [-0.05, 0) is 51.8 Å². The van der Waals surface area contributed by atoms with Crippen LogP contribution in [0, 0.1) is 12.8 Å². The molecule has 1 saturated carbocycles. The molecule has 1 heterocycles. The Morgan fingerprint density at radius 2 is 2.21 bits per heavy atom. The smallest absolute Gasteiger partial charge is 0.118 e. The van der Waals surface area contributed by atoms with Gasteiger partial charge in [0.1, 0.15) is 11.5 Å². The molecule has 3 nitrogen and oxygen atoms in total. The largest absolute Gasteiger partial charge is 0.465 e. The third kappa shape index (κ3) is 4.36. The van der Waals surface area contributed by atoms with E-state index in [4.69, 9.17) is 4.42 Å². The summed E-state index contributed by atoms with van der Waals surface area (Å²) >= 11 is 0. The summed E-state index contributed by atoms with van der Waals surface area (Å²) in [6, 6.07) is 2.22. The molecule has 0 unspecified atom stereocenters. The van der Waals surface area contributed by atoms with Crippen LogP contribution in [-0.4, -0.2) is 25.0 Å². The molecule has 0 aliphatic heterocycles. The summed E-state index contributed by atoms with van der Waals surface area (Å²) < 4.78 is 5.87. The van der Waals surface area contributed by atoms with Gasteiger partial charge in [-0.3, -0.25) is 4.90 Å². The predicted molar refractivity (Wildman–Crippen MR) is 79.1 cm³/mol. The maximum atomic E-state index is 5.87. The lowest BCUT2D eigenvalue weighted by molar-refractivity contribution is 0.190. The van der Waals surface area contributed by atoms with E-state index in [1.165, 1.54) is 37.8 Å². The van der Waals surface area contributed by atoms with Crippen LogP contribution in [0.1, 0.15) is 49.7 Å². The van der Waals surface area contributed by atoms with E-state index in [-0.39, 0.29) is 0 Å². The maximum absolute atomic E-state index is 5.87. The Morgan fingerprint density at radius 3 is 2.84 bits per heavy atom. The second-order valence-corrected chi connectivity index (χ2v) is 5.96. The van der Waals surface area contributed by atoms with Crippen molar-refractivity contribution in [2.45, 2.75) is 52.6 Å². The molecule has 108 valence electrons. The first kappa shape index (κ1) is 14.6. The van der Waals surface area contributed by atoms with Gasteiger partial charge in [-0.15, -0.1) is 0 Å². The number of nitrogens with one attached hydrogen (secondary N) is 1. The van der Waals surface area contributed by atoms with E-state index in [0.29, 0.717) is 0 Å². The van der Waals surface area contributed by atoms with Crippen LogP contribution in [-0.2, 0) is 13.1 Å². The van der Waals surface area contributed by atoms with Gasteiger partial charge in [0, 0.05) is 18.7 Å². The molecule has 19 heavy (non-hydrogen) atoms. The third-order valence-electron chi connectivity index (χ3n) is 4.03. The molecule has 3 heteroatoms. The van der Waals surface area contributed by atoms with Gasteiger partial charge < -0.3 is 9.73 Å². The fraction of sp³-hybridized carbons (Fsp3) is 0.750. The highest BCUT2D eigenvalue weighted by molar-refractivity contribution is 5.20. The average Bonchev–Trinajstić information content (AvgIpc) is 2.65. The summed E-state index contributed by atoms with van der Waals surface area (Å²) in [6.07, 6.45) is 5.42. The molecule has 1 aromatic rings. The molecule has 1 aliphatic rings. The fourth-order valence-corrected chi connectivity index (χ4v) is 2.69. The minimum atomic E-state index is 0.923. The van der Waals surface area contributed by atoms with Crippen LogP contribution in [0.25, 0.3) is 0 Å². The van der Waals surface area contributed by atoms with E-state index in [1.807, 2.05) is 0 Å². The molecule has 1 fully saturated rings. The van der Waals surface area contributed by atoms with Crippen LogP contribution in [0.2, 0.25) is 0 Å². The van der Waals surface area contributed by atoms with Gasteiger partial charge in [0.05, 0.1) is 6.54 Å². The van der Waals surface area contributed by atoms with Crippen LogP contribution < -0.4 is 5.32 Å². The molecule has 0 aromatic carbocycles. The van der Waals surface area contributed by atoms with Gasteiger partial charge in [0.25, 0.3) is 0 Å². The van der Waals surface area contributed by atoms with Crippen LogP contribution in [0.4, 0.5) is 0 Å². The van der Waals surface area contributed by atoms with E-state index in [9.17, 15) is 0 Å². The number of aryl methyl sites for hydroxylation is 1. The highest BCUT2D eigenvalue weighted by atomic mass is 16.3. The number of rotatable bonds is 8. The summed E-state index contributed by atoms with van der Waals surface area (Å²) in [5, 5.41) is 3.44. The quantitative estimate of drug-likeness (QED) is 0.730. The third-order valence-corrected chi connectivity index (χ3v) is 4.03. The predicted octanol–water partition coefficient (Wildman–Crippen LogP) is 3.32. The molecular weight excluding hydrogens is 236 g/mol. The maximum Gasteiger partial charge on any atom is 0.118 e. The first-order valence-corrected chi connectivity index (χ1v) is 7.66. The van der Waals surface area contributed by atoms with Gasteiger partial charge in [0.2, 0.25) is 0 Å². The van der Waals surface area contributed by atoms with Crippen molar-refractivity contribution in [3.8, 4) is 0 Å². The van der Waals surface area contributed by atoms with Crippen molar-refractivity contribution >= 4 is 0 Å². The average molecular weight is 264 g/mol. The fourth-order valence-electron chi connectivity index (χ4n) is 2.69. The van der Waals surface area contributed by atoms with E-state index >= 15 is 0 Å². The van der Waals surface area contributed by atoms with E-state index in [0.717, 1.165) is 37.1 Å². The zero-order valence-corrected chi connectivity index (χ0v) is 12.7. The lowest BCUT2D eigenvalue weighted by Gasteiger charge is -2.29. The lowest BCUT2D eigenvalue weighted by Crippen LogP contribution is -2.28. The van der Waals surface area contributed by atoms with Crippen LogP contribution in [0.5, 0.6) is 0 Å². The molecule has 1 N–H and O–H groups in total. The van der Waals surface area contributed by atoms with Crippen molar-refractivity contribution in [2.75, 3.05) is 20.1 Å². The molecule has 0 radical (unpaired) electrons. The first-order chi connectivity index (χ1) is 9.19. The standard InChI is InChI=1S/C16H28N2O/c1-4-8-17-10-15-9-16(19-13(15)2)12-18(3)11-14-6-5-7-14/h9,14,17H,4-8,10-12H2,1-3H3.